The van der Waals surface area contributed by atoms with Gasteiger partial charge in [-0.2, -0.15) is 0 Å². The third kappa shape index (κ3) is 3.13. The number of carbonyl (C=O) groups excluding carboxylic acids is 1. The number of benzene rings is 1. The summed E-state index contributed by atoms with van der Waals surface area (Å²) in [5.41, 5.74) is 0.924. The van der Waals surface area contributed by atoms with E-state index in [1.165, 1.54) is 30.8 Å². The first-order valence-electron chi connectivity index (χ1n) is 7.93. The fourth-order valence-electron chi connectivity index (χ4n) is 3.58. The second-order valence-corrected chi connectivity index (χ2v) is 7.77. The zero-order valence-corrected chi connectivity index (χ0v) is 14.2. The van der Waals surface area contributed by atoms with Crippen molar-refractivity contribution >= 4 is 28.8 Å². The van der Waals surface area contributed by atoms with Crippen LogP contribution in [-0.4, -0.2) is 41.5 Å². The number of nitrogens with zero attached hydrogens (tertiary/aromatic N) is 2. The fourth-order valence-corrected chi connectivity index (χ4v) is 4.73. The van der Waals surface area contributed by atoms with Gasteiger partial charge in [0.05, 0.1) is 4.88 Å². The molecule has 3 heterocycles. The Balaban J connectivity index is 1.46. The molecule has 3 atom stereocenters. The van der Waals surface area contributed by atoms with E-state index in [4.69, 9.17) is 11.6 Å². The van der Waals surface area contributed by atoms with E-state index in [2.05, 4.69) is 15.2 Å². The summed E-state index contributed by atoms with van der Waals surface area (Å²) in [6.45, 7) is 3.33. The van der Waals surface area contributed by atoms with Crippen LogP contribution >= 0.6 is 22.9 Å². The molecule has 2 aromatic rings. The number of carbonyl (C=O) groups is 1. The van der Waals surface area contributed by atoms with Crippen LogP contribution in [0.2, 0.25) is 5.02 Å². The van der Waals surface area contributed by atoms with E-state index in [1.807, 2.05) is 24.3 Å². The van der Waals surface area contributed by atoms with Crippen LogP contribution in [0.5, 0.6) is 0 Å². The summed E-state index contributed by atoms with van der Waals surface area (Å²) < 4.78 is 0. The summed E-state index contributed by atoms with van der Waals surface area (Å²) >= 11 is 7.61. The van der Waals surface area contributed by atoms with Gasteiger partial charge in [0.2, 0.25) is 0 Å². The van der Waals surface area contributed by atoms with Crippen LogP contribution in [0.15, 0.2) is 30.5 Å². The number of fused-ring (bicyclic) bond motifs is 2. The SMILES string of the molecule is O=C(N[C@@H]1C[C@@H]2CCN(C2)C1)c1ncc(-c2ccccc2Cl)s1. The predicted octanol–water partition coefficient (Wildman–Crippen LogP) is 3.29. The maximum absolute atomic E-state index is 12.5. The molecule has 23 heavy (non-hydrogen) atoms. The number of piperidine rings is 1. The molecule has 6 heteroatoms. The lowest BCUT2D eigenvalue weighted by atomic mass is 9.97. The van der Waals surface area contributed by atoms with Crippen molar-refractivity contribution in [2.24, 2.45) is 5.92 Å². The largest absolute Gasteiger partial charge is 0.346 e. The molecule has 0 radical (unpaired) electrons. The van der Waals surface area contributed by atoms with Crippen molar-refractivity contribution < 1.29 is 4.79 Å². The Labute approximate surface area is 144 Å². The summed E-state index contributed by atoms with van der Waals surface area (Å²) in [7, 11) is 0. The molecule has 1 unspecified atom stereocenters. The van der Waals surface area contributed by atoms with E-state index in [-0.39, 0.29) is 11.9 Å². The van der Waals surface area contributed by atoms with Crippen LogP contribution in [0, 0.1) is 5.92 Å². The zero-order chi connectivity index (χ0) is 15.8. The minimum absolute atomic E-state index is 0.0687. The summed E-state index contributed by atoms with van der Waals surface area (Å²) in [5, 5.41) is 4.34. The molecule has 0 aliphatic carbocycles. The minimum atomic E-state index is -0.0687. The Bertz CT molecular complexity index is 720. The molecule has 1 N–H and O–H groups in total. The first-order valence-corrected chi connectivity index (χ1v) is 9.12. The maximum atomic E-state index is 12.5. The molecule has 1 aromatic heterocycles. The quantitative estimate of drug-likeness (QED) is 0.926. The van der Waals surface area contributed by atoms with Crippen LogP contribution < -0.4 is 5.32 Å². The molecule has 2 bridgehead atoms. The highest BCUT2D eigenvalue weighted by Crippen LogP contribution is 2.32. The van der Waals surface area contributed by atoms with Gasteiger partial charge in [0.25, 0.3) is 5.91 Å². The molecule has 4 rings (SSSR count). The highest BCUT2D eigenvalue weighted by molar-refractivity contribution is 7.17. The van der Waals surface area contributed by atoms with Gasteiger partial charge < -0.3 is 10.2 Å². The second kappa shape index (κ2) is 6.23. The minimum Gasteiger partial charge on any atom is -0.346 e. The third-order valence-corrected chi connectivity index (χ3v) is 6.00. The van der Waals surface area contributed by atoms with E-state index >= 15 is 0 Å². The average Bonchev–Trinajstić information content (AvgIpc) is 3.15. The Kier molecular flexibility index (Phi) is 4.09. The summed E-state index contributed by atoms with van der Waals surface area (Å²) in [6.07, 6.45) is 4.08. The lowest BCUT2D eigenvalue weighted by Crippen LogP contribution is -2.46. The summed E-state index contributed by atoms with van der Waals surface area (Å²) in [6, 6.07) is 7.88. The van der Waals surface area contributed by atoms with Crippen LogP contribution in [0.25, 0.3) is 10.4 Å². The van der Waals surface area contributed by atoms with Crippen molar-refractivity contribution in [1.29, 1.82) is 0 Å². The van der Waals surface area contributed by atoms with Gasteiger partial charge in [-0.15, -0.1) is 11.3 Å². The van der Waals surface area contributed by atoms with Gasteiger partial charge in [-0.05, 0) is 31.4 Å². The molecule has 0 spiro atoms. The van der Waals surface area contributed by atoms with Gasteiger partial charge in [-0.1, -0.05) is 29.8 Å². The van der Waals surface area contributed by atoms with Crippen molar-refractivity contribution in [2.75, 3.05) is 19.6 Å². The van der Waals surface area contributed by atoms with E-state index in [1.54, 1.807) is 6.20 Å². The van der Waals surface area contributed by atoms with Gasteiger partial charge in [-0.3, -0.25) is 4.79 Å². The Morgan fingerprint density at radius 1 is 1.35 bits per heavy atom. The number of hydrogen-bond acceptors (Lipinski definition) is 4. The fraction of sp³-hybridized carbons (Fsp3) is 0.412. The van der Waals surface area contributed by atoms with Gasteiger partial charge in [-0.25, -0.2) is 4.98 Å². The summed E-state index contributed by atoms with van der Waals surface area (Å²) in [5.74, 6) is 0.671. The Hall–Kier alpha value is -1.43. The third-order valence-electron chi connectivity index (χ3n) is 4.64. The van der Waals surface area contributed by atoms with E-state index in [9.17, 15) is 4.79 Å². The highest BCUT2D eigenvalue weighted by Gasteiger charge is 2.33. The zero-order valence-electron chi connectivity index (χ0n) is 12.7. The number of rotatable bonds is 3. The molecule has 2 fully saturated rings. The number of thiazole rings is 1. The number of nitrogens with one attached hydrogen (secondary N) is 1. The lowest BCUT2D eigenvalue weighted by Gasteiger charge is -2.30. The van der Waals surface area contributed by atoms with Crippen LogP contribution in [-0.2, 0) is 0 Å². The van der Waals surface area contributed by atoms with Crippen LogP contribution in [0.3, 0.4) is 0 Å². The van der Waals surface area contributed by atoms with Gasteiger partial charge in [0.15, 0.2) is 5.01 Å². The molecule has 120 valence electrons. The average molecular weight is 348 g/mol. The van der Waals surface area contributed by atoms with E-state index in [0.29, 0.717) is 10.0 Å². The molecule has 0 saturated carbocycles. The number of hydrogen-bond donors (Lipinski definition) is 1. The van der Waals surface area contributed by atoms with E-state index < -0.39 is 0 Å². The molecular weight excluding hydrogens is 330 g/mol. The monoisotopic (exact) mass is 347 g/mol. The Morgan fingerprint density at radius 2 is 2.22 bits per heavy atom. The van der Waals surface area contributed by atoms with Crippen molar-refractivity contribution in [3.63, 3.8) is 0 Å². The van der Waals surface area contributed by atoms with Crippen molar-refractivity contribution in [2.45, 2.75) is 18.9 Å². The lowest BCUT2D eigenvalue weighted by molar-refractivity contribution is 0.0909. The highest BCUT2D eigenvalue weighted by atomic mass is 35.5. The Morgan fingerprint density at radius 3 is 3.04 bits per heavy atom. The smallest absolute Gasteiger partial charge is 0.280 e. The van der Waals surface area contributed by atoms with E-state index in [0.717, 1.165) is 29.3 Å². The summed E-state index contributed by atoms with van der Waals surface area (Å²) in [4.78, 5) is 20.1. The number of halogens is 1. The van der Waals surface area contributed by atoms with Crippen LogP contribution in [0.4, 0.5) is 0 Å². The van der Waals surface area contributed by atoms with Crippen molar-refractivity contribution in [1.82, 2.24) is 15.2 Å². The standard InChI is InChI=1S/C17H18ClN3OS/c18-14-4-2-1-3-13(14)15-8-19-17(23-15)16(22)20-12-7-11-5-6-21(9-11)10-12/h1-4,8,11-12H,5-7,9-10H2,(H,20,22)/t11-,12+/m0/s1. The topological polar surface area (TPSA) is 45.2 Å². The molecular formula is C17H18ClN3OS. The molecule has 2 aliphatic heterocycles. The molecule has 1 aromatic carbocycles. The number of aromatic nitrogens is 1. The predicted molar refractivity (Wildman–Crippen MR) is 93.0 cm³/mol. The normalized spacial score (nSPS) is 26.2. The maximum Gasteiger partial charge on any atom is 0.280 e. The van der Waals surface area contributed by atoms with Crippen molar-refractivity contribution in [3.05, 3.63) is 40.5 Å². The van der Waals surface area contributed by atoms with Gasteiger partial charge in [0, 0.05) is 35.9 Å². The van der Waals surface area contributed by atoms with Gasteiger partial charge >= 0.3 is 0 Å². The number of amides is 1. The molecule has 2 saturated heterocycles. The first kappa shape index (κ1) is 15.1. The molecule has 4 nitrogen and oxygen atoms in total. The molecule has 2 aliphatic rings. The van der Waals surface area contributed by atoms with Crippen LogP contribution in [0.1, 0.15) is 22.6 Å². The van der Waals surface area contributed by atoms with Gasteiger partial charge in [0.1, 0.15) is 0 Å². The molecule has 1 amide bonds. The first-order chi connectivity index (χ1) is 11.2. The second-order valence-electron chi connectivity index (χ2n) is 6.33. The van der Waals surface area contributed by atoms with Crippen molar-refractivity contribution in [3.8, 4) is 10.4 Å².